The van der Waals surface area contributed by atoms with Gasteiger partial charge in [-0.1, -0.05) is 0 Å². The third-order valence-corrected chi connectivity index (χ3v) is 3.60. The van der Waals surface area contributed by atoms with Crippen molar-refractivity contribution >= 4 is 40.5 Å². The predicted molar refractivity (Wildman–Crippen MR) is 82.1 cm³/mol. The SMILES string of the molecule is CC(=O)Nc1nc(/C=C/c2ccc(CC(=O)O)n2C)cs1. The Morgan fingerprint density at radius 3 is 2.86 bits per heavy atom. The van der Waals surface area contributed by atoms with Gasteiger partial charge in [0, 0.05) is 30.7 Å². The second-order valence-corrected chi connectivity index (χ2v) is 5.33. The van der Waals surface area contributed by atoms with Crippen LogP contribution in [0.2, 0.25) is 0 Å². The van der Waals surface area contributed by atoms with Gasteiger partial charge in [-0.15, -0.1) is 11.3 Å². The van der Waals surface area contributed by atoms with E-state index in [1.165, 1.54) is 18.3 Å². The van der Waals surface area contributed by atoms with Crippen LogP contribution in [0.4, 0.5) is 5.13 Å². The van der Waals surface area contributed by atoms with Crippen LogP contribution < -0.4 is 5.32 Å². The number of hydrogen-bond donors (Lipinski definition) is 2. The molecule has 2 N–H and O–H groups in total. The van der Waals surface area contributed by atoms with Gasteiger partial charge in [0.15, 0.2) is 5.13 Å². The predicted octanol–water partition coefficient (Wildman–Crippen LogP) is 2.24. The van der Waals surface area contributed by atoms with E-state index in [2.05, 4.69) is 10.3 Å². The van der Waals surface area contributed by atoms with Gasteiger partial charge in [-0.3, -0.25) is 9.59 Å². The summed E-state index contributed by atoms with van der Waals surface area (Å²) < 4.78 is 1.83. The molecule has 0 spiro atoms. The van der Waals surface area contributed by atoms with E-state index in [9.17, 15) is 9.59 Å². The van der Waals surface area contributed by atoms with Gasteiger partial charge >= 0.3 is 5.97 Å². The number of amides is 1. The summed E-state index contributed by atoms with van der Waals surface area (Å²) in [5, 5.41) is 13.8. The van der Waals surface area contributed by atoms with Crippen molar-refractivity contribution in [2.45, 2.75) is 13.3 Å². The number of carbonyl (C=O) groups excluding carboxylic acids is 1. The van der Waals surface area contributed by atoms with Crippen molar-refractivity contribution in [1.29, 1.82) is 0 Å². The molecule has 2 aromatic rings. The molecule has 0 aliphatic heterocycles. The van der Waals surface area contributed by atoms with E-state index in [0.717, 1.165) is 17.1 Å². The molecule has 0 aromatic carbocycles. The molecule has 0 aliphatic carbocycles. The number of nitrogens with zero attached hydrogens (tertiary/aromatic N) is 2. The zero-order valence-corrected chi connectivity index (χ0v) is 12.5. The van der Waals surface area contributed by atoms with E-state index in [4.69, 9.17) is 5.11 Å². The average molecular weight is 305 g/mol. The summed E-state index contributed by atoms with van der Waals surface area (Å²) in [5.41, 5.74) is 2.37. The first-order valence-electron chi connectivity index (χ1n) is 6.23. The second-order valence-electron chi connectivity index (χ2n) is 4.47. The highest BCUT2D eigenvalue weighted by Crippen LogP contribution is 2.18. The second kappa shape index (κ2) is 6.36. The van der Waals surface area contributed by atoms with Crippen molar-refractivity contribution in [3.63, 3.8) is 0 Å². The molecule has 0 saturated carbocycles. The van der Waals surface area contributed by atoms with Crippen LogP contribution in [0, 0.1) is 0 Å². The maximum Gasteiger partial charge on any atom is 0.309 e. The zero-order chi connectivity index (χ0) is 15.4. The first-order valence-corrected chi connectivity index (χ1v) is 7.11. The molecule has 0 unspecified atom stereocenters. The smallest absolute Gasteiger partial charge is 0.309 e. The molecule has 21 heavy (non-hydrogen) atoms. The van der Waals surface area contributed by atoms with E-state index >= 15 is 0 Å². The van der Waals surface area contributed by atoms with Crippen LogP contribution in [-0.4, -0.2) is 26.5 Å². The molecule has 0 bridgehead atoms. The third kappa shape index (κ3) is 4.03. The van der Waals surface area contributed by atoms with Gasteiger partial charge < -0.3 is 15.0 Å². The van der Waals surface area contributed by atoms with Crippen molar-refractivity contribution in [3.8, 4) is 0 Å². The van der Waals surface area contributed by atoms with Crippen molar-refractivity contribution < 1.29 is 14.7 Å². The van der Waals surface area contributed by atoms with Gasteiger partial charge in [-0.25, -0.2) is 4.98 Å². The quantitative estimate of drug-likeness (QED) is 0.887. The molecule has 2 rings (SSSR count). The minimum atomic E-state index is -0.855. The normalized spacial score (nSPS) is 11.0. The number of nitrogens with one attached hydrogen (secondary N) is 1. The molecule has 6 nitrogen and oxygen atoms in total. The molecule has 0 fully saturated rings. The summed E-state index contributed by atoms with van der Waals surface area (Å²) in [6, 6.07) is 3.65. The fraction of sp³-hybridized carbons (Fsp3) is 0.214. The standard InChI is InChI=1S/C14H15N3O3S/c1-9(18)15-14-16-10(8-21-14)3-4-11-5-6-12(17(11)2)7-13(19)20/h3-6,8H,7H2,1-2H3,(H,19,20)(H,15,16,18)/b4-3+. The Bertz CT molecular complexity index is 700. The third-order valence-electron chi connectivity index (χ3n) is 2.83. The summed E-state index contributed by atoms with van der Waals surface area (Å²) in [4.78, 5) is 25.9. The lowest BCUT2D eigenvalue weighted by Gasteiger charge is -2.02. The molecule has 1 amide bonds. The van der Waals surface area contributed by atoms with Gasteiger partial charge in [-0.2, -0.15) is 0 Å². The van der Waals surface area contributed by atoms with Crippen molar-refractivity contribution in [2.24, 2.45) is 7.05 Å². The Kier molecular flexibility index (Phi) is 4.54. The van der Waals surface area contributed by atoms with E-state index in [1.807, 2.05) is 35.2 Å². The highest BCUT2D eigenvalue weighted by atomic mass is 32.1. The largest absolute Gasteiger partial charge is 0.481 e. The average Bonchev–Trinajstić information content (AvgIpc) is 2.95. The molecule has 0 saturated heterocycles. The lowest BCUT2D eigenvalue weighted by Crippen LogP contribution is -2.05. The lowest BCUT2D eigenvalue weighted by molar-refractivity contribution is -0.136. The fourth-order valence-electron chi connectivity index (χ4n) is 1.81. The molecular weight excluding hydrogens is 290 g/mol. The Balaban J connectivity index is 2.10. The lowest BCUT2D eigenvalue weighted by atomic mass is 10.3. The zero-order valence-electron chi connectivity index (χ0n) is 11.7. The van der Waals surface area contributed by atoms with E-state index < -0.39 is 5.97 Å². The van der Waals surface area contributed by atoms with Crippen LogP contribution in [0.15, 0.2) is 17.5 Å². The Labute approximate surface area is 125 Å². The minimum absolute atomic E-state index is 0.00623. The van der Waals surface area contributed by atoms with Gasteiger partial charge in [-0.05, 0) is 24.3 Å². The molecule has 2 aromatic heterocycles. The number of rotatable bonds is 5. The van der Waals surface area contributed by atoms with E-state index in [-0.39, 0.29) is 12.3 Å². The van der Waals surface area contributed by atoms with Crippen LogP contribution in [0.25, 0.3) is 12.2 Å². The number of carboxylic acids is 1. The molecule has 0 radical (unpaired) electrons. The Morgan fingerprint density at radius 2 is 2.19 bits per heavy atom. The first-order chi connectivity index (χ1) is 9.95. The number of thiazole rings is 1. The Hall–Kier alpha value is -2.41. The van der Waals surface area contributed by atoms with Crippen LogP contribution in [0.5, 0.6) is 0 Å². The van der Waals surface area contributed by atoms with E-state index in [1.54, 1.807) is 6.07 Å². The van der Waals surface area contributed by atoms with Crippen LogP contribution in [0.1, 0.15) is 24.0 Å². The monoisotopic (exact) mass is 305 g/mol. The number of anilines is 1. The molecule has 0 aliphatic rings. The van der Waals surface area contributed by atoms with Gasteiger partial charge in [0.1, 0.15) is 0 Å². The summed E-state index contributed by atoms with van der Waals surface area (Å²) in [6.45, 7) is 1.44. The van der Waals surface area contributed by atoms with E-state index in [0.29, 0.717) is 5.13 Å². The number of aliphatic carboxylic acids is 1. The van der Waals surface area contributed by atoms with Crippen LogP contribution in [0.3, 0.4) is 0 Å². The van der Waals surface area contributed by atoms with Crippen LogP contribution >= 0.6 is 11.3 Å². The molecule has 2 heterocycles. The topological polar surface area (TPSA) is 84.2 Å². The molecule has 110 valence electrons. The summed E-state index contributed by atoms with van der Waals surface area (Å²) >= 11 is 1.35. The van der Waals surface area contributed by atoms with Gasteiger partial charge in [0.05, 0.1) is 12.1 Å². The Morgan fingerprint density at radius 1 is 1.43 bits per heavy atom. The molecule has 7 heteroatoms. The number of aromatic nitrogens is 2. The summed E-state index contributed by atoms with van der Waals surface area (Å²) in [7, 11) is 1.82. The minimum Gasteiger partial charge on any atom is -0.481 e. The summed E-state index contributed by atoms with van der Waals surface area (Å²) in [6.07, 6.45) is 3.67. The molecule has 0 atom stereocenters. The number of hydrogen-bond acceptors (Lipinski definition) is 4. The van der Waals surface area contributed by atoms with Crippen molar-refractivity contribution in [2.75, 3.05) is 5.32 Å². The maximum atomic E-state index is 10.9. The van der Waals surface area contributed by atoms with Crippen molar-refractivity contribution in [1.82, 2.24) is 9.55 Å². The number of carboxylic acid groups (broad SMARTS) is 1. The maximum absolute atomic E-state index is 10.9. The molecular formula is C14H15N3O3S. The van der Waals surface area contributed by atoms with Gasteiger partial charge in [0.25, 0.3) is 0 Å². The summed E-state index contributed by atoms with van der Waals surface area (Å²) in [5.74, 6) is -1.01. The first kappa shape index (κ1) is 15.0. The van der Waals surface area contributed by atoms with Crippen LogP contribution in [-0.2, 0) is 23.1 Å². The highest BCUT2D eigenvalue weighted by Gasteiger charge is 2.06. The fourth-order valence-corrected chi connectivity index (χ4v) is 2.54. The number of carbonyl (C=O) groups is 2. The van der Waals surface area contributed by atoms with Crippen molar-refractivity contribution in [3.05, 3.63) is 34.6 Å². The highest BCUT2D eigenvalue weighted by molar-refractivity contribution is 7.14. The van der Waals surface area contributed by atoms with Gasteiger partial charge in [0.2, 0.25) is 5.91 Å².